The highest BCUT2D eigenvalue weighted by Crippen LogP contribution is 2.10. The van der Waals surface area contributed by atoms with Crippen LogP contribution in [0.3, 0.4) is 0 Å². The molecule has 0 amide bonds. The van der Waals surface area contributed by atoms with Gasteiger partial charge in [0.1, 0.15) is 0 Å². The van der Waals surface area contributed by atoms with Crippen molar-refractivity contribution in [3.8, 4) is 0 Å². The number of nitrogens with one attached hydrogen (secondary N) is 1. The highest BCUT2D eigenvalue weighted by molar-refractivity contribution is 7.89. The topological polar surface area (TPSA) is 92.7 Å². The molecular weight excluding hydrogens is 282 g/mol. The maximum Gasteiger partial charge on any atom is 0.335 e. The Bertz CT molecular complexity index is 551. The Morgan fingerprint density at radius 3 is 2.50 bits per heavy atom. The van der Waals surface area contributed by atoms with Gasteiger partial charge in [-0.15, -0.1) is 6.58 Å². The number of sulfonamides is 1. The fraction of sp³-hybridized carbons (Fsp3) is 0.308. The van der Waals surface area contributed by atoms with E-state index in [0.717, 1.165) is 0 Å². The van der Waals surface area contributed by atoms with Gasteiger partial charge in [0.05, 0.1) is 23.7 Å². The van der Waals surface area contributed by atoms with Crippen LogP contribution in [-0.2, 0) is 14.8 Å². The molecule has 0 bridgehead atoms. The SMILES string of the molecule is C=CCCOCCNS(=O)(=O)c1ccc(C(=O)O)cc1. The Morgan fingerprint density at radius 2 is 1.95 bits per heavy atom. The number of carboxylic acid groups (broad SMARTS) is 1. The van der Waals surface area contributed by atoms with Crippen molar-refractivity contribution in [3.05, 3.63) is 42.5 Å². The van der Waals surface area contributed by atoms with Crippen molar-refractivity contribution >= 4 is 16.0 Å². The molecule has 20 heavy (non-hydrogen) atoms. The molecule has 0 heterocycles. The molecule has 1 rings (SSSR count). The van der Waals surface area contributed by atoms with Crippen molar-refractivity contribution in [1.29, 1.82) is 0 Å². The number of rotatable bonds is 9. The number of hydrogen-bond donors (Lipinski definition) is 2. The van der Waals surface area contributed by atoms with Gasteiger partial charge in [-0.1, -0.05) is 6.08 Å². The summed E-state index contributed by atoms with van der Waals surface area (Å²) in [6.45, 7) is 4.46. The minimum atomic E-state index is -3.64. The van der Waals surface area contributed by atoms with Gasteiger partial charge < -0.3 is 9.84 Å². The predicted octanol–water partition coefficient (Wildman–Crippen LogP) is 1.26. The Morgan fingerprint density at radius 1 is 1.30 bits per heavy atom. The largest absolute Gasteiger partial charge is 0.478 e. The van der Waals surface area contributed by atoms with E-state index < -0.39 is 16.0 Å². The van der Waals surface area contributed by atoms with E-state index >= 15 is 0 Å². The lowest BCUT2D eigenvalue weighted by Gasteiger charge is -2.07. The Kier molecular flexibility index (Phi) is 6.37. The first-order valence-corrected chi connectivity index (χ1v) is 7.47. The normalized spacial score (nSPS) is 11.2. The molecule has 0 saturated carbocycles. The van der Waals surface area contributed by atoms with E-state index in [-0.39, 0.29) is 23.6 Å². The molecule has 0 aliphatic rings. The molecular formula is C13H17NO5S. The third-order valence-electron chi connectivity index (χ3n) is 2.42. The third-order valence-corrected chi connectivity index (χ3v) is 3.89. The van der Waals surface area contributed by atoms with Gasteiger partial charge in [-0.05, 0) is 30.7 Å². The lowest BCUT2D eigenvalue weighted by molar-refractivity contribution is 0.0696. The molecule has 0 spiro atoms. The molecule has 0 fully saturated rings. The van der Waals surface area contributed by atoms with E-state index in [2.05, 4.69) is 11.3 Å². The number of carbonyl (C=O) groups is 1. The van der Waals surface area contributed by atoms with Crippen molar-refractivity contribution in [2.75, 3.05) is 19.8 Å². The molecule has 0 aliphatic carbocycles. The van der Waals surface area contributed by atoms with Crippen LogP contribution in [0.25, 0.3) is 0 Å². The van der Waals surface area contributed by atoms with Gasteiger partial charge in [-0.25, -0.2) is 17.9 Å². The zero-order chi connectivity index (χ0) is 15.0. The highest BCUT2D eigenvalue weighted by Gasteiger charge is 2.13. The van der Waals surface area contributed by atoms with Crippen LogP contribution < -0.4 is 4.72 Å². The molecule has 0 aromatic heterocycles. The molecule has 0 radical (unpaired) electrons. The maximum atomic E-state index is 11.9. The van der Waals surface area contributed by atoms with E-state index in [1.165, 1.54) is 24.3 Å². The van der Waals surface area contributed by atoms with Crippen LogP contribution in [-0.4, -0.2) is 39.3 Å². The van der Waals surface area contributed by atoms with E-state index in [4.69, 9.17) is 9.84 Å². The summed E-state index contributed by atoms with van der Waals surface area (Å²) in [7, 11) is -3.64. The van der Waals surface area contributed by atoms with E-state index in [9.17, 15) is 13.2 Å². The zero-order valence-electron chi connectivity index (χ0n) is 10.9. The number of ether oxygens (including phenoxy) is 1. The van der Waals surface area contributed by atoms with Crippen molar-refractivity contribution in [3.63, 3.8) is 0 Å². The third kappa shape index (κ3) is 5.12. The maximum absolute atomic E-state index is 11.9. The van der Waals surface area contributed by atoms with Crippen LogP contribution >= 0.6 is 0 Å². The summed E-state index contributed by atoms with van der Waals surface area (Å²) in [4.78, 5) is 10.7. The van der Waals surface area contributed by atoms with Gasteiger partial charge in [0.25, 0.3) is 0 Å². The van der Waals surface area contributed by atoms with Gasteiger partial charge in [0, 0.05) is 6.54 Å². The summed E-state index contributed by atoms with van der Waals surface area (Å²) in [6.07, 6.45) is 2.43. The summed E-state index contributed by atoms with van der Waals surface area (Å²) in [5, 5.41) is 8.73. The fourth-order valence-corrected chi connectivity index (χ4v) is 2.39. The monoisotopic (exact) mass is 299 g/mol. The van der Waals surface area contributed by atoms with Crippen LogP contribution in [0.2, 0.25) is 0 Å². The first-order valence-electron chi connectivity index (χ1n) is 5.99. The number of aromatic carboxylic acids is 1. The summed E-state index contributed by atoms with van der Waals surface area (Å²) in [6, 6.07) is 5.00. The Labute approximate surface area is 118 Å². The van der Waals surface area contributed by atoms with Crippen molar-refractivity contribution < 1.29 is 23.1 Å². The van der Waals surface area contributed by atoms with Gasteiger partial charge in [0.15, 0.2) is 0 Å². The minimum absolute atomic E-state index is 0.0218. The second kappa shape index (κ2) is 7.78. The van der Waals surface area contributed by atoms with E-state index in [1.54, 1.807) is 6.08 Å². The van der Waals surface area contributed by atoms with Crippen LogP contribution in [0.15, 0.2) is 41.8 Å². The number of benzene rings is 1. The summed E-state index contributed by atoms with van der Waals surface area (Å²) < 4.78 is 31.3. The molecule has 1 aromatic rings. The smallest absolute Gasteiger partial charge is 0.335 e. The van der Waals surface area contributed by atoms with E-state index in [1.807, 2.05) is 0 Å². The average Bonchev–Trinajstić information content (AvgIpc) is 2.43. The molecule has 1 aromatic carbocycles. The van der Waals surface area contributed by atoms with Gasteiger partial charge >= 0.3 is 5.97 Å². The molecule has 0 atom stereocenters. The first-order chi connectivity index (χ1) is 9.47. The molecule has 0 unspecified atom stereocenters. The number of hydrogen-bond acceptors (Lipinski definition) is 4. The highest BCUT2D eigenvalue weighted by atomic mass is 32.2. The first kappa shape index (κ1) is 16.4. The van der Waals surface area contributed by atoms with Crippen LogP contribution in [0, 0.1) is 0 Å². The van der Waals surface area contributed by atoms with Crippen LogP contribution in [0.4, 0.5) is 0 Å². The molecule has 0 saturated heterocycles. The molecule has 2 N–H and O–H groups in total. The van der Waals surface area contributed by atoms with E-state index in [0.29, 0.717) is 13.0 Å². The average molecular weight is 299 g/mol. The van der Waals surface area contributed by atoms with Crippen LogP contribution in [0.1, 0.15) is 16.8 Å². The number of carboxylic acids is 1. The summed E-state index contributed by atoms with van der Waals surface area (Å²) >= 11 is 0. The quantitative estimate of drug-likeness (QED) is 0.529. The van der Waals surface area contributed by atoms with Crippen LogP contribution in [0.5, 0.6) is 0 Å². The molecule has 6 nitrogen and oxygen atoms in total. The zero-order valence-corrected chi connectivity index (χ0v) is 11.7. The van der Waals surface area contributed by atoms with Crippen molar-refractivity contribution in [2.24, 2.45) is 0 Å². The van der Waals surface area contributed by atoms with Gasteiger partial charge in [-0.2, -0.15) is 0 Å². The van der Waals surface area contributed by atoms with Crippen molar-refractivity contribution in [2.45, 2.75) is 11.3 Å². The Balaban J connectivity index is 2.51. The summed E-state index contributed by atoms with van der Waals surface area (Å²) in [5.41, 5.74) is 0.0386. The lowest BCUT2D eigenvalue weighted by Crippen LogP contribution is -2.27. The molecule has 110 valence electrons. The minimum Gasteiger partial charge on any atom is -0.478 e. The second-order valence-electron chi connectivity index (χ2n) is 3.92. The lowest BCUT2D eigenvalue weighted by atomic mass is 10.2. The molecule has 0 aliphatic heterocycles. The predicted molar refractivity (Wildman–Crippen MR) is 74.2 cm³/mol. The molecule has 7 heteroatoms. The van der Waals surface area contributed by atoms with Crippen molar-refractivity contribution in [1.82, 2.24) is 4.72 Å². The standard InChI is InChI=1S/C13H17NO5S/c1-2-3-9-19-10-8-14-20(17,18)12-6-4-11(5-7-12)13(15)16/h2,4-7,14H,1,3,8-10H2,(H,15,16). The second-order valence-corrected chi connectivity index (χ2v) is 5.68. The summed E-state index contributed by atoms with van der Waals surface area (Å²) in [5.74, 6) is -1.10. The van der Waals surface area contributed by atoms with Gasteiger partial charge in [-0.3, -0.25) is 0 Å². The Hall–Kier alpha value is -1.70. The van der Waals surface area contributed by atoms with Gasteiger partial charge in [0.2, 0.25) is 10.0 Å². The fourth-order valence-electron chi connectivity index (χ4n) is 1.38.